The molecule has 0 atom stereocenters. The van der Waals surface area contributed by atoms with E-state index in [2.05, 4.69) is 10.6 Å². The summed E-state index contributed by atoms with van der Waals surface area (Å²) in [6.07, 6.45) is -0.229. The summed E-state index contributed by atoms with van der Waals surface area (Å²) in [6.45, 7) is 3.70. The maximum atomic E-state index is 11.8. The highest BCUT2D eigenvalue weighted by atomic mass is 35.5. The zero-order valence-corrected chi connectivity index (χ0v) is 11.4. The van der Waals surface area contributed by atoms with Crippen molar-refractivity contribution >= 4 is 29.1 Å². The van der Waals surface area contributed by atoms with Crippen LogP contribution in [0.2, 0.25) is 5.02 Å². The monoisotopic (exact) mass is 279 g/mol. The minimum Gasteiger partial charge on any atom is -0.350 e. The van der Waals surface area contributed by atoms with E-state index >= 15 is 0 Å². The van der Waals surface area contributed by atoms with Crippen LogP contribution in [0.15, 0.2) is 18.2 Å². The van der Waals surface area contributed by atoms with Crippen molar-refractivity contribution in [3.05, 3.63) is 28.8 Å². The molecule has 1 aromatic carbocycles. The summed E-state index contributed by atoms with van der Waals surface area (Å²) in [5.74, 6) is -0.687. The summed E-state index contributed by atoms with van der Waals surface area (Å²) in [5.41, 5.74) is 0.792. The molecular weight excluding hydrogens is 266 g/mol. The Hall–Kier alpha value is -2.06. The topological polar surface area (TPSA) is 82.0 Å². The molecule has 0 aliphatic rings. The summed E-state index contributed by atoms with van der Waals surface area (Å²) in [5, 5.41) is 13.9. The molecular formula is C13H14ClN3O2. The lowest BCUT2D eigenvalue weighted by molar-refractivity contribution is -0.115. The molecule has 0 fully saturated rings. The van der Waals surface area contributed by atoms with Crippen LogP contribution in [0.4, 0.5) is 5.69 Å². The van der Waals surface area contributed by atoms with Crippen molar-refractivity contribution in [1.29, 1.82) is 5.26 Å². The molecule has 6 heteroatoms. The molecule has 0 aliphatic heterocycles. The molecule has 1 aromatic rings. The molecule has 1 rings (SSSR count). The number of hydrogen-bond acceptors (Lipinski definition) is 3. The Labute approximate surface area is 116 Å². The van der Waals surface area contributed by atoms with Crippen LogP contribution in [0, 0.1) is 11.3 Å². The van der Waals surface area contributed by atoms with Gasteiger partial charge in [0.05, 0.1) is 16.7 Å². The number of halogens is 1. The molecule has 0 radical (unpaired) electrons. The number of carbonyl (C=O) groups excluding carboxylic acids is 2. The first-order valence-electron chi connectivity index (χ1n) is 5.71. The lowest BCUT2D eigenvalue weighted by Crippen LogP contribution is -2.30. The number of nitriles is 1. The molecule has 0 spiro atoms. The fraction of sp³-hybridized carbons (Fsp3) is 0.308. The van der Waals surface area contributed by atoms with Crippen LogP contribution < -0.4 is 10.6 Å². The Morgan fingerprint density at radius 2 is 2.11 bits per heavy atom. The summed E-state index contributed by atoms with van der Waals surface area (Å²) in [6, 6.07) is 6.33. The van der Waals surface area contributed by atoms with Crippen molar-refractivity contribution < 1.29 is 9.59 Å². The van der Waals surface area contributed by atoms with Crippen molar-refractivity contribution in [1.82, 2.24) is 5.32 Å². The standard InChI is InChI=1S/C13H14ClN3O2/c1-8(2)16-13(19)10-4-3-9(7-11(10)14)17-12(18)5-6-15/h3-4,7-8H,5H2,1-2H3,(H,16,19)(H,17,18). The highest BCUT2D eigenvalue weighted by molar-refractivity contribution is 6.34. The van der Waals surface area contributed by atoms with Gasteiger partial charge < -0.3 is 10.6 Å². The number of benzene rings is 1. The van der Waals surface area contributed by atoms with Gasteiger partial charge in [0.1, 0.15) is 6.42 Å². The number of nitrogens with one attached hydrogen (secondary N) is 2. The van der Waals surface area contributed by atoms with Gasteiger partial charge in [-0.3, -0.25) is 9.59 Å². The van der Waals surface area contributed by atoms with Gasteiger partial charge in [0.2, 0.25) is 5.91 Å². The van der Waals surface area contributed by atoms with Crippen molar-refractivity contribution in [3.63, 3.8) is 0 Å². The van der Waals surface area contributed by atoms with E-state index in [0.29, 0.717) is 11.3 Å². The minimum atomic E-state index is -0.419. The summed E-state index contributed by atoms with van der Waals surface area (Å²) in [4.78, 5) is 23.0. The maximum absolute atomic E-state index is 11.8. The Morgan fingerprint density at radius 3 is 2.63 bits per heavy atom. The van der Waals surface area contributed by atoms with Crippen molar-refractivity contribution in [2.24, 2.45) is 0 Å². The average Bonchev–Trinajstić information content (AvgIpc) is 2.27. The van der Waals surface area contributed by atoms with Crippen molar-refractivity contribution in [2.75, 3.05) is 5.32 Å². The second kappa shape index (κ2) is 6.76. The molecule has 0 bridgehead atoms. The molecule has 0 heterocycles. The van der Waals surface area contributed by atoms with Crippen molar-refractivity contribution in [3.8, 4) is 6.07 Å². The van der Waals surface area contributed by atoms with Crippen LogP contribution in [-0.2, 0) is 4.79 Å². The number of amides is 2. The van der Waals surface area contributed by atoms with Gasteiger partial charge in [-0.25, -0.2) is 0 Å². The van der Waals surface area contributed by atoms with Gasteiger partial charge in [-0.2, -0.15) is 5.26 Å². The molecule has 0 unspecified atom stereocenters. The van der Waals surface area contributed by atoms with Crippen LogP contribution in [0.5, 0.6) is 0 Å². The van der Waals surface area contributed by atoms with Crippen LogP contribution in [-0.4, -0.2) is 17.9 Å². The van der Waals surface area contributed by atoms with Gasteiger partial charge >= 0.3 is 0 Å². The number of rotatable bonds is 4. The zero-order valence-electron chi connectivity index (χ0n) is 10.7. The number of carbonyl (C=O) groups is 2. The lowest BCUT2D eigenvalue weighted by atomic mass is 10.1. The number of anilines is 1. The minimum absolute atomic E-state index is 0.0126. The van der Waals surface area contributed by atoms with Gasteiger partial charge in [-0.1, -0.05) is 11.6 Å². The number of nitrogens with zero attached hydrogens (tertiary/aromatic N) is 1. The van der Waals surface area contributed by atoms with Gasteiger partial charge in [-0.15, -0.1) is 0 Å². The largest absolute Gasteiger partial charge is 0.350 e. The predicted molar refractivity (Wildman–Crippen MR) is 72.9 cm³/mol. The smallest absolute Gasteiger partial charge is 0.252 e. The first kappa shape index (κ1) is 15.0. The molecule has 100 valence electrons. The molecule has 0 saturated carbocycles. The summed E-state index contributed by atoms with van der Waals surface area (Å²) >= 11 is 5.99. The average molecular weight is 280 g/mol. The van der Waals surface area contributed by atoms with Crippen LogP contribution in [0.1, 0.15) is 30.6 Å². The molecule has 0 aliphatic carbocycles. The number of hydrogen-bond donors (Lipinski definition) is 2. The molecule has 2 N–H and O–H groups in total. The second-order valence-electron chi connectivity index (χ2n) is 4.21. The molecule has 5 nitrogen and oxygen atoms in total. The fourth-order valence-corrected chi connectivity index (χ4v) is 1.66. The highest BCUT2D eigenvalue weighted by Gasteiger charge is 2.12. The third kappa shape index (κ3) is 4.60. The van der Waals surface area contributed by atoms with E-state index in [1.807, 2.05) is 13.8 Å². The summed E-state index contributed by atoms with van der Waals surface area (Å²) in [7, 11) is 0. The van der Waals surface area contributed by atoms with Crippen LogP contribution >= 0.6 is 11.6 Å². The summed E-state index contributed by atoms with van der Waals surface area (Å²) < 4.78 is 0. The Bertz CT molecular complexity index is 535. The fourth-order valence-electron chi connectivity index (χ4n) is 1.39. The van der Waals surface area contributed by atoms with Gasteiger partial charge in [0, 0.05) is 11.7 Å². The molecule has 2 amide bonds. The van der Waals surface area contributed by atoms with E-state index in [0.717, 1.165) is 0 Å². The Morgan fingerprint density at radius 1 is 1.42 bits per heavy atom. The van der Waals surface area contributed by atoms with E-state index in [-0.39, 0.29) is 23.4 Å². The maximum Gasteiger partial charge on any atom is 0.252 e. The van der Waals surface area contributed by atoms with E-state index in [4.69, 9.17) is 16.9 Å². The van der Waals surface area contributed by atoms with Crippen molar-refractivity contribution in [2.45, 2.75) is 26.3 Å². The van der Waals surface area contributed by atoms with E-state index < -0.39 is 5.91 Å². The first-order chi connectivity index (χ1) is 8.93. The SMILES string of the molecule is CC(C)NC(=O)c1ccc(NC(=O)CC#N)cc1Cl. The molecule has 0 saturated heterocycles. The first-order valence-corrected chi connectivity index (χ1v) is 6.09. The Kier molecular flexibility index (Phi) is 5.34. The van der Waals surface area contributed by atoms with Gasteiger partial charge in [0.15, 0.2) is 0 Å². The second-order valence-corrected chi connectivity index (χ2v) is 4.61. The van der Waals surface area contributed by atoms with Gasteiger partial charge in [-0.05, 0) is 32.0 Å². The Balaban J connectivity index is 2.83. The third-order valence-corrected chi connectivity index (χ3v) is 2.47. The quantitative estimate of drug-likeness (QED) is 0.887. The predicted octanol–water partition coefficient (Wildman–Crippen LogP) is 2.33. The lowest BCUT2D eigenvalue weighted by Gasteiger charge is -2.10. The van der Waals surface area contributed by atoms with Gasteiger partial charge in [0.25, 0.3) is 5.91 Å². The molecule has 19 heavy (non-hydrogen) atoms. The normalized spacial score (nSPS) is 9.84. The van der Waals surface area contributed by atoms with E-state index in [1.165, 1.54) is 12.1 Å². The van der Waals surface area contributed by atoms with Crippen LogP contribution in [0.25, 0.3) is 0 Å². The van der Waals surface area contributed by atoms with Crippen LogP contribution in [0.3, 0.4) is 0 Å². The molecule has 0 aromatic heterocycles. The van der Waals surface area contributed by atoms with E-state index in [9.17, 15) is 9.59 Å². The highest BCUT2D eigenvalue weighted by Crippen LogP contribution is 2.21. The van der Waals surface area contributed by atoms with E-state index in [1.54, 1.807) is 12.1 Å². The zero-order chi connectivity index (χ0) is 14.4. The third-order valence-electron chi connectivity index (χ3n) is 2.16.